The van der Waals surface area contributed by atoms with Crippen molar-refractivity contribution in [1.82, 2.24) is 10.6 Å². The summed E-state index contributed by atoms with van der Waals surface area (Å²) in [5.41, 5.74) is 2.59. The normalized spacial score (nSPS) is 27.8. The summed E-state index contributed by atoms with van der Waals surface area (Å²) < 4.78 is 6.13. The van der Waals surface area contributed by atoms with Crippen LogP contribution in [0.4, 0.5) is 0 Å². The second-order valence-electron chi connectivity index (χ2n) is 7.12. The Bertz CT molecular complexity index is 555. The third kappa shape index (κ3) is 5.38. The molecule has 0 bridgehead atoms. The van der Waals surface area contributed by atoms with Crippen LogP contribution in [0.1, 0.15) is 42.9 Å². The minimum Gasteiger partial charge on any atom is -0.373 e. The number of ether oxygens (including phenoxy) is 1. The van der Waals surface area contributed by atoms with Gasteiger partial charge in [-0.1, -0.05) is 29.8 Å². The van der Waals surface area contributed by atoms with Gasteiger partial charge in [0, 0.05) is 37.9 Å². The first-order chi connectivity index (χ1) is 12.3. The molecule has 3 rings (SSSR count). The van der Waals surface area contributed by atoms with Crippen molar-refractivity contribution in [3.63, 3.8) is 0 Å². The minimum absolute atomic E-state index is 0.185. The molecule has 2 N–H and O–H groups in total. The average molecular weight is 362 g/mol. The lowest BCUT2D eigenvalue weighted by molar-refractivity contribution is -0.0265. The molecule has 5 heteroatoms. The third-order valence-corrected chi connectivity index (χ3v) is 6.32. The molecule has 138 valence electrons. The van der Waals surface area contributed by atoms with Gasteiger partial charge in [0.2, 0.25) is 0 Å². The van der Waals surface area contributed by atoms with E-state index in [2.05, 4.69) is 46.8 Å². The summed E-state index contributed by atoms with van der Waals surface area (Å²) in [4.78, 5) is 4.42. The highest BCUT2D eigenvalue weighted by Crippen LogP contribution is 2.33. The number of thioether (sulfide) groups is 1. The molecular weight excluding hydrogens is 330 g/mol. The van der Waals surface area contributed by atoms with Gasteiger partial charge >= 0.3 is 0 Å². The van der Waals surface area contributed by atoms with E-state index < -0.39 is 0 Å². The largest absolute Gasteiger partial charge is 0.373 e. The molecule has 0 aliphatic carbocycles. The monoisotopic (exact) mass is 361 g/mol. The van der Waals surface area contributed by atoms with Crippen LogP contribution in [-0.4, -0.2) is 43.7 Å². The molecule has 2 aliphatic heterocycles. The van der Waals surface area contributed by atoms with Crippen molar-refractivity contribution in [3.8, 4) is 0 Å². The highest BCUT2D eigenvalue weighted by Gasteiger charge is 2.27. The molecule has 2 fully saturated rings. The standard InChI is InChI=1S/C20H31N3OS/c1-15-7-9-16(10-8-15)19-17(5-3-11-24-19)13-22-20(21-2)23-18-6-4-12-25-14-18/h7-10,17-19H,3-6,11-14H2,1-2H3,(H2,21,22,23). The summed E-state index contributed by atoms with van der Waals surface area (Å²) in [5.74, 6) is 3.89. The first-order valence-corrected chi connectivity index (χ1v) is 10.6. The van der Waals surface area contributed by atoms with Gasteiger partial charge in [-0.3, -0.25) is 4.99 Å². The molecule has 0 saturated carbocycles. The topological polar surface area (TPSA) is 45.7 Å². The van der Waals surface area contributed by atoms with Gasteiger partial charge < -0.3 is 15.4 Å². The summed E-state index contributed by atoms with van der Waals surface area (Å²) in [6.07, 6.45) is 5.06. The van der Waals surface area contributed by atoms with Gasteiger partial charge in [-0.15, -0.1) is 0 Å². The fraction of sp³-hybridized carbons (Fsp3) is 0.650. The molecule has 0 spiro atoms. The second kappa shape index (κ2) is 9.48. The lowest BCUT2D eigenvalue weighted by Crippen LogP contribution is -2.47. The zero-order chi connectivity index (χ0) is 17.5. The quantitative estimate of drug-likeness (QED) is 0.636. The Morgan fingerprint density at radius 2 is 2.08 bits per heavy atom. The molecule has 2 heterocycles. The highest BCUT2D eigenvalue weighted by atomic mass is 32.2. The number of hydrogen-bond donors (Lipinski definition) is 2. The lowest BCUT2D eigenvalue weighted by Gasteiger charge is -2.33. The summed E-state index contributed by atoms with van der Waals surface area (Å²) in [7, 11) is 1.86. The van der Waals surface area contributed by atoms with E-state index >= 15 is 0 Å². The van der Waals surface area contributed by atoms with Crippen molar-refractivity contribution < 1.29 is 4.74 Å². The maximum Gasteiger partial charge on any atom is 0.191 e. The minimum atomic E-state index is 0.185. The Labute approximate surface area is 156 Å². The molecule has 4 nitrogen and oxygen atoms in total. The predicted octanol–water partition coefficient (Wildman–Crippen LogP) is 3.52. The van der Waals surface area contributed by atoms with Crippen molar-refractivity contribution in [3.05, 3.63) is 35.4 Å². The summed E-state index contributed by atoms with van der Waals surface area (Å²) >= 11 is 2.04. The smallest absolute Gasteiger partial charge is 0.191 e. The van der Waals surface area contributed by atoms with Crippen LogP contribution in [0.5, 0.6) is 0 Å². The Hall–Kier alpha value is -1.20. The number of aliphatic imine (C=N–C) groups is 1. The van der Waals surface area contributed by atoms with Gasteiger partial charge in [0.1, 0.15) is 0 Å². The van der Waals surface area contributed by atoms with Crippen LogP contribution in [0.3, 0.4) is 0 Å². The van der Waals surface area contributed by atoms with Gasteiger partial charge in [0.05, 0.1) is 6.10 Å². The molecule has 2 saturated heterocycles. The van der Waals surface area contributed by atoms with E-state index in [9.17, 15) is 0 Å². The highest BCUT2D eigenvalue weighted by molar-refractivity contribution is 7.99. The number of aryl methyl sites for hydroxylation is 1. The number of hydrogen-bond acceptors (Lipinski definition) is 3. The van der Waals surface area contributed by atoms with Crippen LogP contribution in [0.25, 0.3) is 0 Å². The van der Waals surface area contributed by atoms with Crippen molar-refractivity contribution in [2.24, 2.45) is 10.9 Å². The zero-order valence-electron chi connectivity index (χ0n) is 15.5. The molecule has 1 aromatic rings. The van der Waals surface area contributed by atoms with Crippen molar-refractivity contribution >= 4 is 17.7 Å². The zero-order valence-corrected chi connectivity index (χ0v) is 16.3. The van der Waals surface area contributed by atoms with E-state index in [0.717, 1.165) is 25.5 Å². The molecule has 3 atom stereocenters. The Morgan fingerprint density at radius 3 is 2.80 bits per heavy atom. The summed E-state index contributed by atoms with van der Waals surface area (Å²) in [5, 5.41) is 7.13. The van der Waals surface area contributed by atoms with E-state index in [0.29, 0.717) is 12.0 Å². The molecule has 3 unspecified atom stereocenters. The number of nitrogens with one attached hydrogen (secondary N) is 2. The SMILES string of the molecule is CN=C(NCC1CCCOC1c1ccc(C)cc1)NC1CCCSC1. The van der Waals surface area contributed by atoms with Gasteiger partial charge in [0.25, 0.3) is 0 Å². The Balaban J connectivity index is 1.56. The fourth-order valence-electron chi connectivity index (χ4n) is 3.65. The molecule has 0 amide bonds. The predicted molar refractivity (Wildman–Crippen MR) is 107 cm³/mol. The van der Waals surface area contributed by atoms with Crippen molar-refractivity contribution in [2.75, 3.05) is 31.7 Å². The average Bonchev–Trinajstić information content (AvgIpc) is 2.67. The number of nitrogens with zero attached hydrogens (tertiary/aromatic N) is 1. The van der Waals surface area contributed by atoms with Crippen LogP contribution >= 0.6 is 11.8 Å². The Morgan fingerprint density at radius 1 is 1.24 bits per heavy atom. The first-order valence-electron chi connectivity index (χ1n) is 9.49. The molecular formula is C20H31N3OS. The van der Waals surface area contributed by atoms with Crippen LogP contribution < -0.4 is 10.6 Å². The molecule has 2 aliphatic rings. The second-order valence-corrected chi connectivity index (χ2v) is 8.27. The molecule has 0 radical (unpaired) electrons. The molecule has 0 aromatic heterocycles. The summed E-state index contributed by atoms with van der Waals surface area (Å²) in [6, 6.07) is 9.33. The number of benzene rings is 1. The van der Waals surface area contributed by atoms with Crippen LogP contribution in [0.2, 0.25) is 0 Å². The van der Waals surface area contributed by atoms with Crippen LogP contribution in [0.15, 0.2) is 29.3 Å². The van der Waals surface area contributed by atoms with Crippen molar-refractivity contribution in [1.29, 1.82) is 0 Å². The van der Waals surface area contributed by atoms with Crippen molar-refractivity contribution in [2.45, 2.75) is 44.8 Å². The maximum atomic E-state index is 6.13. The fourth-order valence-corrected chi connectivity index (χ4v) is 4.72. The summed E-state index contributed by atoms with van der Waals surface area (Å²) in [6.45, 7) is 3.89. The lowest BCUT2D eigenvalue weighted by atomic mass is 9.89. The van der Waals surface area contributed by atoms with Crippen LogP contribution in [-0.2, 0) is 4.74 Å². The van der Waals surface area contributed by atoms with E-state index in [1.807, 2.05) is 18.8 Å². The molecule has 1 aromatic carbocycles. The van der Waals surface area contributed by atoms with Gasteiger partial charge in [-0.05, 0) is 43.9 Å². The van der Waals surface area contributed by atoms with Crippen LogP contribution in [0, 0.1) is 12.8 Å². The van der Waals surface area contributed by atoms with E-state index in [-0.39, 0.29) is 6.10 Å². The van der Waals surface area contributed by atoms with E-state index in [1.54, 1.807) is 0 Å². The van der Waals surface area contributed by atoms with Gasteiger partial charge in [-0.25, -0.2) is 0 Å². The van der Waals surface area contributed by atoms with Gasteiger partial charge in [0.15, 0.2) is 5.96 Å². The number of rotatable bonds is 4. The van der Waals surface area contributed by atoms with E-state index in [1.165, 1.54) is 41.9 Å². The first kappa shape index (κ1) is 18.6. The van der Waals surface area contributed by atoms with Gasteiger partial charge in [-0.2, -0.15) is 11.8 Å². The molecule has 25 heavy (non-hydrogen) atoms. The van der Waals surface area contributed by atoms with E-state index in [4.69, 9.17) is 4.74 Å². The maximum absolute atomic E-state index is 6.13. The Kier molecular flexibility index (Phi) is 7.05. The third-order valence-electron chi connectivity index (χ3n) is 5.11. The number of guanidine groups is 1.